The van der Waals surface area contributed by atoms with E-state index in [0.29, 0.717) is 30.1 Å². The largest absolute Gasteiger partial charge is 0.493 e. The summed E-state index contributed by atoms with van der Waals surface area (Å²) in [6.07, 6.45) is 3.48. The van der Waals surface area contributed by atoms with Crippen LogP contribution in [-0.2, 0) is 19.4 Å². The number of hydrogen-bond donors (Lipinski definition) is 0. The van der Waals surface area contributed by atoms with E-state index >= 15 is 0 Å². The van der Waals surface area contributed by atoms with Crippen LogP contribution in [-0.4, -0.2) is 33.8 Å². The van der Waals surface area contributed by atoms with Gasteiger partial charge in [-0.3, -0.25) is 9.20 Å². The average Bonchev–Trinajstić information content (AvgIpc) is 3.05. The average molecular weight is 335 g/mol. The van der Waals surface area contributed by atoms with Crippen molar-refractivity contribution in [2.24, 2.45) is 0 Å². The molecule has 2 aromatic heterocycles. The molecule has 0 saturated heterocycles. The van der Waals surface area contributed by atoms with Crippen molar-refractivity contribution < 1.29 is 9.53 Å². The molecular weight excluding hydrogens is 314 g/mol. The fourth-order valence-corrected chi connectivity index (χ4v) is 3.54. The topological polar surface area (TPSA) is 46.8 Å². The van der Waals surface area contributed by atoms with Crippen molar-refractivity contribution in [3.63, 3.8) is 0 Å². The van der Waals surface area contributed by atoms with E-state index in [-0.39, 0.29) is 5.91 Å². The molecule has 128 valence electrons. The number of carbonyl (C=O) groups excluding carboxylic acids is 1. The quantitative estimate of drug-likeness (QED) is 0.739. The van der Waals surface area contributed by atoms with E-state index < -0.39 is 0 Å². The molecule has 4 rings (SSSR count). The lowest BCUT2D eigenvalue weighted by Crippen LogP contribution is -2.37. The first-order valence-corrected chi connectivity index (χ1v) is 8.63. The van der Waals surface area contributed by atoms with Crippen molar-refractivity contribution in [2.45, 2.75) is 26.3 Å². The molecule has 0 spiro atoms. The number of ether oxygens (including phenoxy) is 1. The molecule has 1 aromatic carbocycles. The van der Waals surface area contributed by atoms with Crippen LogP contribution in [0.5, 0.6) is 5.75 Å². The predicted octanol–water partition coefficient (Wildman–Crippen LogP) is 3.10. The number of aryl methyl sites for hydroxylation is 1. The minimum atomic E-state index is 0.0344. The normalized spacial score (nSPS) is 13.8. The molecule has 0 N–H and O–H groups in total. The molecule has 3 aromatic rings. The van der Waals surface area contributed by atoms with Gasteiger partial charge < -0.3 is 9.64 Å². The zero-order chi connectivity index (χ0) is 17.4. The molecule has 0 atom stereocenters. The summed E-state index contributed by atoms with van der Waals surface area (Å²) in [5, 5.41) is 0. The van der Waals surface area contributed by atoms with Crippen molar-refractivity contribution in [3.8, 4) is 5.75 Å². The van der Waals surface area contributed by atoms with Crippen molar-refractivity contribution in [3.05, 3.63) is 65.1 Å². The number of benzene rings is 1. The molecule has 1 aliphatic heterocycles. The number of nitrogens with zero attached hydrogens (tertiary/aromatic N) is 3. The number of amides is 1. The van der Waals surface area contributed by atoms with E-state index in [4.69, 9.17) is 4.74 Å². The van der Waals surface area contributed by atoms with E-state index in [0.717, 1.165) is 18.7 Å². The first kappa shape index (κ1) is 15.7. The van der Waals surface area contributed by atoms with Crippen molar-refractivity contribution in [2.75, 3.05) is 13.7 Å². The summed E-state index contributed by atoms with van der Waals surface area (Å²) in [7, 11) is 1.62. The number of carbonyl (C=O) groups is 1. The highest BCUT2D eigenvalue weighted by molar-refractivity contribution is 5.95. The van der Waals surface area contributed by atoms with Gasteiger partial charge in [0.05, 0.1) is 12.8 Å². The van der Waals surface area contributed by atoms with Gasteiger partial charge in [-0.25, -0.2) is 4.98 Å². The summed E-state index contributed by atoms with van der Waals surface area (Å²) >= 11 is 0. The van der Waals surface area contributed by atoms with Gasteiger partial charge >= 0.3 is 0 Å². The summed E-state index contributed by atoms with van der Waals surface area (Å²) in [4.78, 5) is 19.9. The second-order valence-electron chi connectivity index (χ2n) is 6.28. The van der Waals surface area contributed by atoms with Crippen molar-refractivity contribution in [1.29, 1.82) is 0 Å². The van der Waals surface area contributed by atoms with Gasteiger partial charge in [-0.05, 0) is 36.1 Å². The fraction of sp³-hybridized carbons (Fsp3) is 0.300. The Morgan fingerprint density at radius 1 is 1.20 bits per heavy atom. The Morgan fingerprint density at radius 3 is 2.76 bits per heavy atom. The summed E-state index contributed by atoms with van der Waals surface area (Å²) < 4.78 is 7.27. The van der Waals surface area contributed by atoms with E-state index in [1.165, 1.54) is 11.1 Å². The number of imidazole rings is 1. The first-order valence-electron chi connectivity index (χ1n) is 8.63. The van der Waals surface area contributed by atoms with Crippen LogP contribution in [0.15, 0.2) is 42.6 Å². The Kier molecular flexibility index (Phi) is 3.92. The fourth-order valence-electron chi connectivity index (χ4n) is 3.54. The standard InChI is InChI=1S/C20H21N3O2/c1-3-16-18(23-11-6-9-17(25-2)19(23)21-16)20(24)22-12-10-14-7-4-5-8-15(14)13-22/h4-9,11H,3,10,12-13H2,1-2H3. The van der Waals surface area contributed by atoms with Gasteiger partial charge in [0, 0.05) is 19.3 Å². The maximum absolute atomic E-state index is 13.3. The molecule has 0 radical (unpaired) electrons. The number of methoxy groups -OCH3 is 1. The Labute approximate surface area is 146 Å². The summed E-state index contributed by atoms with van der Waals surface area (Å²) in [6.45, 7) is 3.40. The van der Waals surface area contributed by atoms with Crippen molar-refractivity contribution in [1.82, 2.24) is 14.3 Å². The van der Waals surface area contributed by atoms with Crippen LogP contribution in [0.4, 0.5) is 0 Å². The van der Waals surface area contributed by atoms with Crippen LogP contribution in [0, 0.1) is 0 Å². The molecule has 0 unspecified atom stereocenters. The van der Waals surface area contributed by atoms with Gasteiger partial charge in [0.1, 0.15) is 5.69 Å². The van der Waals surface area contributed by atoms with Crippen LogP contribution >= 0.6 is 0 Å². The second kappa shape index (κ2) is 6.24. The lowest BCUT2D eigenvalue weighted by Gasteiger charge is -2.29. The van der Waals surface area contributed by atoms with E-state index in [1.54, 1.807) is 7.11 Å². The molecule has 3 heterocycles. The highest BCUT2D eigenvalue weighted by Gasteiger charge is 2.27. The lowest BCUT2D eigenvalue weighted by molar-refractivity contribution is 0.0726. The number of pyridine rings is 1. The predicted molar refractivity (Wildman–Crippen MR) is 96.0 cm³/mol. The minimum absolute atomic E-state index is 0.0344. The van der Waals surface area contributed by atoms with Crippen LogP contribution < -0.4 is 4.74 Å². The SMILES string of the molecule is CCc1nc2c(OC)cccn2c1C(=O)N1CCc2ccccc2C1. The number of hydrogen-bond acceptors (Lipinski definition) is 3. The number of fused-ring (bicyclic) bond motifs is 2. The van der Waals surface area contributed by atoms with E-state index in [9.17, 15) is 4.79 Å². The minimum Gasteiger partial charge on any atom is -0.493 e. The maximum atomic E-state index is 13.3. The molecule has 0 fully saturated rings. The van der Waals surface area contributed by atoms with Gasteiger partial charge in [-0.15, -0.1) is 0 Å². The number of rotatable bonds is 3. The van der Waals surface area contributed by atoms with Crippen LogP contribution in [0.2, 0.25) is 0 Å². The van der Waals surface area contributed by atoms with Gasteiger partial charge in [0.25, 0.3) is 5.91 Å². The van der Waals surface area contributed by atoms with Gasteiger partial charge in [0.2, 0.25) is 0 Å². The molecule has 5 nitrogen and oxygen atoms in total. The first-order chi connectivity index (χ1) is 12.2. The van der Waals surface area contributed by atoms with Gasteiger partial charge in [0.15, 0.2) is 11.4 Å². The van der Waals surface area contributed by atoms with Crippen LogP contribution in [0.25, 0.3) is 5.65 Å². The Morgan fingerprint density at radius 2 is 2.00 bits per heavy atom. The highest BCUT2D eigenvalue weighted by atomic mass is 16.5. The molecule has 1 aliphatic rings. The molecule has 0 saturated carbocycles. The third kappa shape index (κ3) is 2.56. The third-order valence-corrected chi connectivity index (χ3v) is 4.86. The maximum Gasteiger partial charge on any atom is 0.273 e. The number of aromatic nitrogens is 2. The monoisotopic (exact) mass is 335 g/mol. The molecule has 0 bridgehead atoms. The van der Waals surface area contributed by atoms with Crippen LogP contribution in [0.1, 0.15) is 34.2 Å². The molecule has 0 aliphatic carbocycles. The zero-order valence-electron chi connectivity index (χ0n) is 14.5. The van der Waals surface area contributed by atoms with E-state index in [2.05, 4.69) is 23.2 Å². The van der Waals surface area contributed by atoms with Gasteiger partial charge in [-0.2, -0.15) is 0 Å². The molecule has 25 heavy (non-hydrogen) atoms. The summed E-state index contributed by atoms with van der Waals surface area (Å²) in [6, 6.07) is 12.1. The zero-order valence-corrected chi connectivity index (χ0v) is 14.5. The third-order valence-electron chi connectivity index (χ3n) is 4.86. The molecule has 1 amide bonds. The lowest BCUT2D eigenvalue weighted by atomic mass is 9.99. The second-order valence-corrected chi connectivity index (χ2v) is 6.28. The molecule has 5 heteroatoms. The van der Waals surface area contributed by atoms with Gasteiger partial charge in [-0.1, -0.05) is 31.2 Å². The Bertz CT molecular complexity index is 945. The van der Waals surface area contributed by atoms with E-state index in [1.807, 2.05) is 40.6 Å². The smallest absolute Gasteiger partial charge is 0.273 e. The highest BCUT2D eigenvalue weighted by Crippen LogP contribution is 2.25. The Hall–Kier alpha value is -2.82. The summed E-state index contributed by atoms with van der Waals surface area (Å²) in [5.74, 6) is 0.715. The van der Waals surface area contributed by atoms with Crippen molar-refractivity contribution >= 4 is 11.6 Å². The molecular formula is C20H21N3O2. The van der Waals surface area contributed by atoms with Crippen LogP contribution in [0.3, 0.4) is 0 Å². The Balaban J connectivity index is 1.76. The summed E-state index contributed by atoms with van der Waals surface area (Å²) in [5.41, 5.74) is 4.72.